The lowest BCUT2D eigenvalue weighted by Gasteiger charge is -2.04. The van der Waals surface area contributed by atoms with Gasteiger partial charge in [0.05, 0.1) is 10.4 Å². The summed E-state index contributed by atoms with van der Waals surface area (Å²) in [5.41, 5.74) is 0.610. The largest absolute Gasteiger partial charge is 0.298 e. The van der Waals surface area contributed by atoms with Gasteiger partial charge in [-0.1, -0.05) is 30.3 Å². The molecule has 0 spiro atoms. The summed E-state index contributed by atoms with van der Waals surface area (Å²) in [6.07, 6.45) is 2.06. The lowest BCUT2D eigenvalue weighted by molar-refractivity contribution is -0.385. The third-order valence-corrected chi connectivity index (χ3v) is 3.42. The molecule has 0 saturated carbocycles. The van der Waals surface area contributed by atoms with E-state index in [-0.39, 0.29) is 11.3 Å². The van der Waals surface area contributed by atoms with Crippen molar-refractivity contribution >= 4 is 28.8 Å². The number of hydrogen-bond acceptors (Lipinski definition) is 4. The third-order valence-electron chi connectivity index (χ3n) is 3.42. The van der Waals surface area contributed by atoms with Gasteiger partial charge in [0.15, 0.2) is 6.29 Å². The minimum absolute atomic E-state index is 0.0225. The Bertz CT molecular complexity index is 911. The number of aldehydes is 1. The molecule has 1 heterocycles. The maximum absolute atomic E-state index is 12.7. The van der Waals surface area contributed by atoms with Crippen molar-refractivity contribution < 1.29 is 14.5 Å². The molecule has 0 atom stereocenters. The van der Waals surface area contributed by atoms with Gasteiger partial charge in [0.1, 0.15) is 5.56 Å². The van der Waals surface area contributed by atoms with E-state index in [1.165, 1.54) is 29.0 Å². The molecule has 0 aliphatic heterocycles. The van der Waals surface area contributed by atoms with E-state index >= 15 is 0 Å². The van der Waals surface area contributed by atoms with Gasteiger partial charge in [0.2, 0.25) is 0 Å². The van der Waals surface area contributed by atoms with Crippen molar-refractivity contribution in [3.63, 3.8) is 0 Å². The van der Waals surface area contributed by atoms with Crippen molar-refractivity contribution in [2.45, 2.75) is 0 Å². The molecule has 6 nitrogen and oxygen atoms in total. The maximum atomic E-state index is 12.7. The van der Waals surface area contributed by atoms with Crippen LogP contribution < -0.4 is 0 Å². The van der Waals surface area contributed by atoms with Crippen LogP contribution in [-0.2, 0) is 0 Å². The second-order valence-electron chi connectivity index (χ2n) is 4.67. The Morgan fingerprint density at radius 2 is 1.77 bits per heavy atom. The van der Waals surface area contributed by atoms with Crippen molar-refractivity contribution in [1.82, 2.24) is 4.57 Å². The van der Waals surface area contributed by atoms with E-state index in [9.17, 15) is 19.7 Å². The summed E-state index contributed by atoms with van der Waals surface area (Å²) in [5.74, 6) is -0.545. The van der Waals surface area contributed by atoms with Gasteiger partial charge in [0, 0.05) is 23.2 Å². The lowest BCUT2D eigenvalue weighted by Crippen LogP contribution is -2.12. The second kappa shape index (κ2) is 5.25. The van der Waals surface area contributed by atoms with Crippen LogP contribution >= 0.6 is 0 Å². The van der Waals surface area contributed by atoms with E-state index in [1.54, 1.807) is 30.3 Å². The normalized spacial score (nSPS) is 10.5. The van der Waals surface area contributed by atoms with E-state index < -0.39 is 10.8 Å². The van der Waals surface area contributed by atoms with Gasteiger partial charge in [-0.3, -0.25) is 24.3 Å². The van der Waals surface area contributed by atoms with Crippen LogP contribution in [-0.4, -0.2) is 21.7 Å². The van der Waals surface area contributed by atoms with E-state index in [2.05, 4.69) is 0 Å². The van der Waals surface area contributed by atoms with Gasteiger partial charge in [-0.05, 0) is 12.1 Å². The molecule has 0 fully saturated rings. The number of fused-ring (bicyclic) bond motifs is 1. The number of benzene rings is 2. The SMILES string of the molecule is O=Cc1cn(C(=O)c2ccccc2[N+](=O)[O-])c2ccccc12. The number of carbonyl (C=O) groups is 2. The minimum atomic E-state index is -0.598. The summed E-state index contributed by atoms with van der Waals surface area (Å²) in [7, 11) is 0. The van der Waals surface area contributed by atoms with Crippen LogP contribution in [0.2, 0.25) is 0 Å². The molecule has 0 aliphatic rings. The zero-order chi connectivity index (χ0) is 15.7. The fourth-order valence-corrected chi connectivity index (χ4v) is 2.41. The predicted molar refractivity (Wildman–Crippen MR) is 80.2 cm³/mol. The fourth-order valence-electron chi connectivity index (χ4n) is 2.41. The summed E-state index contributed by atoms with van der Waals surface area (Å²) in [4.78, 5) is 34.3. The Morgan fingerprint density at radius 3 is 2.50 bits per heavy atom. The molecule has 22 heavy (non-hydrogen) atoms. The molecule has 1 aromatic heterocycles. The van der Waals surface area contributed by atoms with Crippen molar-refractivity contribution in [1.29, 1.82) is 0 Å². The smallest absolute Gasteiger partial charge is 0.282 e. The highest BCUT2D eigenvalue weighted by Crippen LogP contribution is 2.24. The van der Waals surface area contributed by atoms with Crippen LogP contribution in [0.5, 0.6) is 0 Å². The molecule has 0 N–H and O–H groups in total. The van der Waals surface area contributed by atoms with Crippen LogP contribution in [0.3, 0.4) is 0 Å². The first-order valence-electron chi connectivity index (χ1n) is 6.47. The average molecular weight is 294 g/mol. The second-order valence-corrected chi connectivity index (χ2v) is 4.67. The minimum Gasteiger partial charge on any atom is -0.298 e. The van der Waals surface area contributed by atoms with Gasteiger partial charge >= 0.3 is 0 Å². The van der Waals surface area contributed by atoms with Crippen LogP contribution in [0, 0.1) is 10.1 Å². The Balaban J connectivity index is 2.23. The van der Waals surface area contributed by atoms with Gasteiger partial charge < -0.3 is 0 Å². The summed E-state index contributed by atoms with van der Waals surface area (Å²) in [6, 6.07) is 12.6. The van der Waals surface area contributed by atoms with E-state index in [0.717, 1.165) is 0 Å². The average Bonchev–Trinajstić information content (AvgIpc) is 2.93. The molecule has 0 saturated heterocycles. The number of para-hydroxylation sites is 2. The first-order chi connectivity index (χ1) is 10.6. The first-order valence-corrected chi connectivity index (χ1v) is 6.47. The van der Waals surface area contributed by atoms with Crippen LogP contribution in [0.1, 0.15) is 20.7 Å². The first kappa shape index (κ1) is 13.7. The van der Waals surface area contributed by atoms with Crippen LogP contribution in [0.15, 0.2) is 54.7 Å². The number of aromatic nitrogens is 1. The van der Waals surface area contributed by atoms with Crippen molar-refractivity contribution in [3.8, 4) is 0 Å². The topological polar surface area (TPSA) is 82.2 Å². The van der Waals surface area contributed by atoms with E-state index in [4.69, 9.17) is 0 Å². The zero-order valence-electron chi connectivity index (χ0n) is 11.3. The number of nitro groups is 1. The highest BCUT2D eigenvalue weighted by Gasteiger charge is 2.22. The lowest BCUT2D eigenvalue weighted by atomic mass is 10.1. The van der Waals surface area contributed by atoms with Crippen molar-refractivity contribution in [2.75, 3.05) is 0 Å². The zero-order valence-corrected chi connectivity index (χ0v) is 11.3. The van der Waals surface area contributed by atoms with Gasteiger partial charge in [-0.15, -0.1) is 0 Å². The van der Waals surface area contributed by atoms with Gasteiger partial charge in [-0.25, -0.2) is 0 Å². The maximum Gasteiger partial charge on any atom is 0.282 e. The van der Waals surface area contributed by atoms with Crippen LogP contribution in [0.25, 0.3) is 10.9 Å². The third kappa shape index (κ3) is 2.07. The number of nitro benzene ring substituents is 1. The number of hydrogen-bond donors (Lipinski definition) is 0. The molecule has 0 aliphatic carbocycles. The monoisotopic (exact) mass is 294 g/mol. The summed E-state index contributed by atoms with van der Waals surface area (Å²) < 4.78 is 1.27. The molecule has 0 unspecified atom stereocenters. The molecule has 3 rings (SSSR count). The molecule has 2 aromatic carbocycles. The molecule has 3 aromatic rings. The standard InChI is InChI=1S/C16H10N2O4/c19-10-11-9-17(14-7-3-1-5-12(11)14)16(20)13-6-2-4-8-15(13)18(21)22/h1-10H. The molecule has 6 heteroatoms. The molecule has 0 radical (unpaired) electrons. The highest BCUT2D eigenvalue weighted by molar-refractivity contribution is 6.08. The summed E-state index contributed by atoms with van der Waals surface area (Å²) >= 11 is 0. The number of nitrogens with zero attached hydrogens (tertiary/aromatic N) is 2. The fraction of sp³-hybridized carbons (Fsp3) is 0. The summed E-state index contributed by atoms with van der Waals surface area (Å²) in [6.45, 7) is 0. The molecular weight excluding hydrogens is 284 g/mol. The van der Waals surface area contributed by atoms with E-state index in [0.29, 0.717) is 22.8 Å². The molecule has 0 amide bonds. The predicted octanol–water partition coefficient (Wildman–Crippen LogP) is 3.05. The quantitative estimate of drug-likeness (QED) is 0.422. The Morgan fingerprint density at radius 1 is 1.09 bits per heavy atom. The Hall–Kier alpha value is -3.28. The molecular formula is C16H10N2O4. The van der Waals surface area contributed by atoms with Crippen molar-refractivity contribution in [2.24, 2.45) is 0 Å². The molecule has 0 bridgehead atoms. The van der Waals surface area contributed by atoms with E-state index in [1.807, 2.05) is 0 Å². The van der Waals surface area contributed by atoms with Crippen molar-refractivity contribution in [3.05, 3.63) is 76.0 Å². The van der Waals surface area contributed by atoms with Gasteiger partial charge in [-0.2, -0.15) is 0 Å². The Labute approximate surface area is 124 Å². The highest BCUT2D eigenvalue weighted by atomic mass is 16.6. The Kier molecular flexibility index (Phi) is 3.27. The molecule has 108 valence electrons. The van der Waals surface area contributed by atoms with Gasteiger partial charge in [0.25, 0.3) is 11.6 Å². The number of rotatable bonds is 3. The van der Waals surface area contributed by atoms with Crippen LogP contribution in [0.4, 0.5) is 5.69 Å². The number of carbonyl (C=O) groups excluding carboxylic acids is 2. The summed E-state index contributed by atoms with van der Waals surface area (Å²) in [5, 5.41) is 11.7.